The number of fused-ring (bicyclic) bond motifs is 1. The summed E-state index contributed by atoms with van der Waals surface area (Å²) in [6, 6.07) is 16.9. The van der Waals surface area contributed by atoms with Crippen LogP contribution in [0.3, 0.4) is 0 Å². The number of aromatic amines is 1. The van der Waals surface area contributed by atoms with Crippen molar-refractivity contribution < 1.29 is 9.59 Å². The number of benzene rings is 2. The van der Waals surface area contributed by atoms with Crippen LogP contribution in [0.4, 0.5) is 0 Å². The normalized spacial score (nSPS) is 19.2. The highest BCUT2D eigenvalue weighted by atomic mass is 16.1. The van der Waals surface area contributed by atoms with Crippen molar-refractivity contribution in [1.29, 1.82) is 0 Å². The van der Waals surface area contributed by atoms with Gasteiger partial charge in [-0.15, -0.1) is 0 Å². The molecule has 2 N–H and O–H groups in total. The molecule has 3 atom stereocenters. The summed E-state index contributed by atoms with van der Waals surface area (Å²) in [5, 5.41) is 4.32. The van der Waals surface area contributed by atoms with Gasteiger partial charge >= 0.3 is 0 Å². The van der Waals surface area contributed by atoms with Crippen molar-refractivity contribution >= 4 is 22.6 Å². The lowest BCUT2D eigenvalue weighted by Gasteiger charge is -2.17. The number of rotatable bonds is 9. The minimum Gasteiger partial charge on any atom is -0.361 e. The number of amides is 1. The van der Waals surface area contributed by atoms with Crippen molar-refractivity contribution in [2.75, 3.05) is 0 Å². The van der Waals surface area contributed by atoms with Gasteiger partial charge in [0.2, 0.25) is 5.91 Å². The van der Waals surface area contributed by atoms with Gasteiger partial charge in [-0.05, 0) is 79.2 Å². The van der Waals surface area contributed by atoms with Crippen LogP contribution in [0.1, 0.15) is 69.2 Å². The van der Waals surface area contributed by atoms with E-state index in [-0.39, 0.29) is 17.6 Å². The SMILES string of the molecule is CCC(=O)N[C@H]1CC[C@@H](CCC(CC)C(=O)c2ccc(-c3ccc4[nH]ccc4c3)cc2)C1. The molecule has 0 spiro atoms. The highest BCUT2D eigenvalue weighted by Crippen LogP contribution is 2.32. The quantitative estimate of drug-likeness (QED) is 0.380. The van der Waals surface area contributed by atoms with Crippen LogP contribution in [0.5, 0.6) is 0 Å². The van der Waals surface area contributed by atoms with Gasteiger partial charge in [-0.25, -0.2) is 0 Å². The third kappa shape index (κ3) is 5.12. The van der Waals surface area contributed by atoms with Crippen LogP contribution in [0, 0.1) is 11.8 Å². The van der Waals surface area contributed by atoms with E-state index in [4.69, 9.17) is 0 Å². The Morgan fingerprint density at radius 2 is 1.81 bits per heavy atom. The maximum absolute atomic E-state index is 13.2. The average molecular weight is 431 g/mol. The molecule has 2 aromatic carbocycles. The molecule has 1 aromatic heterocycles. The lowest BCUT2D eigenvalue weighted by molar-refractivity contribution is -0.121. The van der Waals surface area contributed by atoms with Crippen molar-refractivity contribution in [3.05, 3.63) is 60.3 Å². The number of hydrogen-bond acceptors (Lipinski definition) is 2. The second-order valence-corrected chi connectivity index (χ2v) is 9.20. The van der Waals surface area contributed by atoms with Gasteiger partial charge < -0.3 is 10.3 Å². The third-order valence-corrected chi connectivity index (χ3v) is 7.07. The Hall–Kier alpha value is -2.88. The van der Waals surface area contributed by atoms with Gasteiger partial charge in [-0.2, -0.15) is 0 Å². The molecule has 3 aromatic rings. The van der Waals surface area contributed by atoms with Gasteiger partial charge in [-0.3, -0.25) is 9.59 Å². The minimum atomic E-state index is 0.0707. The van der Waals surface area contributed by atoms with Crippen molar-refractivity contribution in [1.82, 2.24) is 10.3 Å². The Labute approximate surface area is 190 Å². The van der Waals surface area contributed by atoms with Crippen molar-refractivity contribution in [2.45, 2.75) is 64.8 Å². The summed E-state index contributed by atoms with van der Waals surface area (Å²) in [5.74, 6) is 1.09. The van der Waals surface area contributed by atoms with Crippen LogP contribution in [0.2, 0.25) is 0 Å². The van der Waals surface area contributed by atoms with Crippen molar-refractivity contribution in [2.24, 2.45) is 11.8 Å². The number of Topliss-reactive ketones (excluding diaryl/α,β-unsaturated/α-hetero) is 1. The molecule has 1 aliphatic rings. The fourth-order valence-electron chi connectivity index (χ4n) is 5.05. The van der Waals surface area contributed by atoms with Gasteiger partial charge in [0.15, 0.2) is 5.78 Å². The predicted octanol–water partition coefficient (Wildman–Crippen LogP) is 6.52. The maximum Gasteiger partial charge on any atom is 0.219 e. The number of nitrogens with one attached hydrogen (secondary N) is 2. The van der Waals surface area contributed by atoms with Crippen LogP contribution in [-0.4, -0.2) is 22.7 Å². The Balaban J connectivity index is 1.34. The molecule has 1 heterocycles. The molecule has 0 saturated heterocycles. The number of hydrogen-bond donors (Lipinski definition) is 2. The molecule has 1 aliphatic carbocycles. The smallest absolute Gasteiger partial charge is 0.219 e. The molecule has 1 amide bonds. The molecule has 1 fully saturated rings. The summed E-state index contributed by atoms with van der Waals surface area (Å²) in [6.45, 7) is 4.01. The van der Waals surface area contributed by atoms with Crippen molar-refractivity contribution in [3.63, 3.8) is 0 Å². The molecule has 168 valence electrons. The standard InChI is InChI=1S/C28H34N2O2/c1-3-20(7-5-19-6-13-25(17-19)30-27(31)4-2)28(32)22-10-8-21(9-11-22)23-12-14-26-24(18-23)15-16-29-26/h8-12,14-16,18-20,25,29H,3-7,13,17H2,1-2H3,(H,30,31)/t19-,20?,25+/m1/s1. The van der Waals surface area contributed by atoms with Crippen LogP contribution < -0.4 is 5.32 Å². The second kappa shape index (κ2) is 10.2. The van der Waals surface area contributed by atoms with Gasteiger partial charge in [0.25, 0.3) is 0 Å². The Morgan fingerprint density at radius 3 is 2.56 bits per heavy atom. The molecule has 1 saturated carbocycles. The van der Waals surface area contributed by atoms with Gasteiger partial charge in [0.1, 0.15) is 0 Å². The zero-order valence-corrected chi connectivity index (χ0v) is 19.2. The van der Waals surface area contributed by atoms with E-state index in [1.165, 1.54) is 5.39 Å². The summed E-state index contributed by atoms with van der Waals surface area (Å²) in [4.78, 5) is 28.0. The molecule has 4 rings (SSSR count). The molecule has 1 unspecified atom stereocenters. The first kappa shape index (κ1) is 22.3. The van der Waals surface area contributed by atoms with E-state index in [2.05, 4.69) is 53.6 Å². The van der Waals surface area contributed by atoms with Crippen LogP contribution in [-0.2, 0) is 4.79 Å². The minimum absolute atomic E-state index is 0.0707. The van der Waals surface area contributed by atoms with E-state index in [0.29, 0.717) is 18.4 Å². The first-order valence-corrected chi connectivity index (χ1v) is 12.1. The monoisotopic (exact) mass is 430 g/mol. The highest BCUT2D eigenvalue weighted by Gasteiger charge is 2.27. The zero-order chi connectivity index (χ0) is 22.5. The zero-order valence-electron chi connectivity index (χ0n) is 19.2. The molecular weight excluding hydrogens is 396 g/mol. The number of carbonyl (C=O) groups excluding carboxylic acids is 2. The van der Waals surface area contributed by atoms with Gasteiger partial charge in [0, 0.05) is 35.7 Å². The van der Waals surface area contributed by atoms with E-state index in [9.17, 15) is 9.59 Å². The van der Waals surface area contributed by atoms with E-state index in [0.717, 1.165) is 60.7 Å². The summed E-state index contributed by atoms with van der Waals surface area (Å²) in [5.41, 5.74) is 4.23. The molecule has 4 nitrogen and oxygen atoms in total. The van der Waals surface area contributed by atoms with E-state index >= 15 is 0 Å². The summed E-state index contributed by atoms with van der Waals surface area (Å²) < 4.78 is 0. The summed E-state index contributed by atoms with van der Waals surface area (Å²) >= 11 is 0. The molecule has 4 heteroatoms. The lowest BCUT2D eigenvalue weighted by atomic mass is 9.87. The lowest BCUT2D eigenvalue weighted by Crippen LogP contribution is -2.32. The topological polar surface area (TPSA) is 62.0 Å². The fourth-order valence-corrected chi connectivity index (χ4v) is 5.05. The summed E-state index contributed by atoms with van der Waals surface area (Å²) in [6.07, 6.45) is 8.64. The van der Waals surface area contributed by atoms with E-state index in [1.54, 1.807) is 0 Å². The first-order chi connectivity index (χ1) is 15.6. The number of carbonyl (C=O) groups is 2. The predicted molar refractivity (Wildman–Crippen MR) is 131 cm³/mol. The molecular formula is C28H34N2O2. The number of H-pyrrole nitrogens is 1. The Morgan fingerprint density at radius 1 is 1.03 bits per heavy atom. The van der Waals surface area contributed by atoms with E-state index < -0.39 is 0 Å². The number of ketones is 1. The second-order valence-electron chi connectivity index (χ2n) is 9.20. The van der Waals surface area contributed by atoms with Crippen LogP contribution >= 0.6 is 0 Å². The summed E-state index contributed by atoms with van der Waals surface area (Å²) in [7, 11) is 0. The van der Waals surface area contributed by atoms with Crippen molar-refractivity contribution in [3.8, 4) is 11.1 Å². The Kier molecular flexibility index (Phi) is 7.09. The third-order valence-electron chi connectivity index (χ3n) is 7.07. The average Bonchev–Trinajstić information content (AvgIpc) is 3.48. The molecule has 32 heavy (non-hydrogen) atoms. The number of aromatic nitrogens is 1. The Bertz CT molecular complexity index is 1070. The van der Waals surface area contributed by atoms with Crippen LogP contribution in [0.25, 0.3) is 22.0 Å². The van der Waals surface area contributed by atoms with Crippen LogP contribution in [0.15, 0.2) is 54.7 Å². The highest BCUT2D eigenvalue weighted by molar-refractivity contribution is 5.98. The largest absolute Gasteiger partial charge is 0.361 e. The maximum atomic E-state index is 13.2. The first-order valence-electron chi connectivity index (χ1n) is 12.1. The fraction of sp³-hybridized carbons (Fsp3) is 0.429. The van der Waals surface area contributed by atoms with Gasteiger partial charge in [-0.1, -0.05) is 44.2 Å². The molecule has 0 aliphatic heterocycles. The van der Waals surface area contributed by atoms with Gasteiger partial charge in [0.05, 0.1) is 0 Å². The van der Waals surface area contributed by atoms with E-state index in [1.807, 2.05) is 25.3 Å². The molecule has 0 bridgehead atoms. The molecule has 0 radical (unpaired) electrons.